The molecule has 0 amide bonds. The van der Waals surface area contributed by atoms with E-state index in [2.05, 4.69) is 4.74 Å². The zero-order chi connectivity index (χ0) is 10.1. The number of halogens is 1. The number of carbonyl (C=O) groups is 1. The largest absolute Gasteiger partial charge is 0.469 e. The molecule has 1 aliphatic carbocycles. The lowest BCUT2D eigenvalue weighted by atomic mass is 10.0. The summed E-state index contributed by atoms with van der Waals surface area (Å²) >= 11 is 0. The number of fused-ring (bicyclic) bond motifs is 1. The maximum absolute atomic E-state index is 12.9. The Labute approximate surface area is 81.7 Å². The number of hydrogen-bond donors (Lipinski definition) is 0. The van der Waals surface area contributed by atoms with Crippen LogP contribution in [-0.4, -0.2) is 13.1 Å². The summed E-state index contributed by atoms with van der Waals surface area (Å²) in [7, 11) is 1.38. The van der Waals surface area contributed by atoms with Gasteiger partial charge in [0, 0.05) is 0 Å². The van der Waals surface area contributed by atoms with Crippen molar-refractivity contribution in [3.63, 3.8) is 0 Å². The number of rotatable bonds is 1. The van der Waals surface area contributed by atoms with Crippen molar-refractivity contribution in [3.05, 3.63) is 35.1 Å². The second-order valence-electron chi connectivity index (χ2n) is 3.46. The van der Waals surface area contributed by atoms with Gasteiger partial charge in [-0.25, -0.2) is 4.39 Å². The van der Waals surface area contributed by atoms with Crippen molar-refractivity contribution in [1.29, 1.82) is 0 Å². The highest BCUT2D eigenvalue weighted by Crippen LogP contribution is 2.34. The molecule has 1 aromatic rings. The Morgan fingerprint density at radius 2 is 2.36 bits per heavy atom. The van der Waals surface area contributed by atoms with Gasteiger partial charge in [0.15, 0.2) is 0 Å². The van der Waals surface area contributed by atoms with E-state index in [0.717, 1.165) is 24.0 Å². The summed E-state index contributed by atoms with van der Waals surface area (Å²) in [5, 5.41) is 0. The van der Waals surface area contributed by atoms with E-state index >= 15 is 0 Å². The lowest BCUT2D eigenvalue weighted by Crippen LogP contribution is -2.11. The molecule has 0 heterocycles. The number of carbonyl (C=O) groups excluding carboxylic acids is 1. The molecule has 2 nitrogen and oxygen atoms in total. The Morgan fingerprint density at radius 3 is 3.07 bits per heavy atom. The molecule has 14 heavy (non-hydrogen) atoms. The van der Waals surface area contributed by atoms with E-state index in [-0.39, 0.29) is 17.7 Å². The number of aryl methyl sites for hydroxylation is 1. The van der Waals surface area contributed by atoms with E-state index in [1.807, 2.05) is 0 Å². The SMILES string of the molecule is COC(=O)C1CCc2cc(F)ccc21. The van der Waals surface area contributed by atoms with Crippen LogP contribution in [0.4, 0.5) is 4.39 Å². The van der Waals surface area contributed by atoms with Gasteiger partial charge in [-0.05, 0) is 36.1 Å². The van der Waals surface area contributed by atoms with Gasteiger partial charge in [0.05, 0.1) is 13.0 Å². The fourth-order valence-electron chi connectivity index (χ4n) is 1.97. The maximum atomic E-state index is 12.9. The summed E-state index contributed by atoms with van der Waals surface area (Å²) in [6.45, 7) is 0. The van der Waals surface area contributed by atoms with Gasteiger partial charge in [0.25, 0.3) is 0 Å². The van der Waals surface area contributed by atoms with Crippen LogP contribution in [0.1, 0.15) is 23.5 Å². The van der Waals surface area contributed by atoms with Crippen molar-refractivity contribution in [2.45, 2.75) is 18.8 Å². The molecule has 0 aliphatic heterocycles. The summed E-state index contributed by atoms with van der Waals surface area (Å²) in [5.41, 5.74) is 1.85. The predicted molar refractivity (Wildman–Crippen MR) is 49.5 cm³/mol. The van der Waals surface area contributed by atoms with Crippen molar-refractivity contribution >= 4 is 5.97 Å². The molecular formula is C11H11FO2. The molecule has 0 fully saturated rings. The van der Waals surface area contributed by atoms with E-state index in [0.29, 0.717) is 0 Å². The molecule has 0 aromatic heterocycles. The Morgan fingerprint density at radius 1 is 1.57 bits per heavy atom. The highest BCUT2D eigenvalue weighted by Gasteiger charge is 2.29. The first-order valence-electron chi connectivity index (χ1n) is 4.58. The lowest BCUT2D eigenvalue weighted by molar-refractivity contribution is -0.142. The molecule has 74 valence electrons. The van der Waals surface area contributed by atoms with Crippen LogP contribution in [0.2, 0.25) is 0 Å². The van der Waals surface area contributed by atoms with Crippen LogP contribution in [-0.2, 0) is 16.0 Å². The zero-order valence-corrected chi connectivity index (χ0v) is 7.92. The quantitative estimate of drug-likeness (QED) is 0.639. The van der Waals surface area contributed by atoms with Crippen LogP contribution in [0.5, 0.6) is 0 Å². The average molecular weight is 194 g/mol. The van der Waals surface area contributed by atoms with Crippen LogP contribution in [0.3, 0.4) is 0 Å². The van der Waals surface area contributed by atoms with Crippen molar-refractivity contribution in [2.75, 3.05) is 7.11 Å². The third kappa shape index (κ3) is 1.39. The minimum atomic E-state index is -0.241. The number of hydrogen-bond acceptors (Lipinski definition) is 2. The molecule has 1 unspecified atom stereocenters. The Balaban J connectivity index is 2.35. The van der Waals surface area contributed by atoms with Gasteiger partial charge < -0.3 is 4.74 Å². The van der Waals surface area contributed by atoms with Crippen LogP contribution >= 0.6 is 0 Å². The summed E-state index contributed by atoms with van der Waals surface area (Å²) in [6.07, 6.45) is 1.48. The predicted octanol–water partition coefficient (Wildman–Crippen LogP) is 2.03. The first-order valence-corrected chi connectivity index (χ1v) is 4.58. The zero-order valence-electron chi connectivity index (χ0n) is 7.92. The van der Waals surface area contributed by atoms with E-state index < -0.39 is 0 Å². The highest BCUT2D eigenvalue weighted by molar-refractivity contribution is 5.79. The third-order valence-electron chi connectivity index (χ3n) is 2.67. The van der Waals surface area contributed by atoms with Crippen LogP contribution < -0.4 is 0 Å². The smallest absolute Gasteiger partial charge is 0.313 e. The maximum Gasteiger partial charge on any atom is 0.313 e. The van der Waals surface area contributed by atoms with Crippen LogP contribution in [0, 0.1) is 5.82 Å². The van der Waals surface area contributed by atoms with Crippen LogP contribution in [0.15, 0.2) is 18.2 Å². The number of esters is 1. The minimum Gasteiger partial charge on any atom is -0.469 e. The molecule has 0 saturated carbocycles. The standard InChI is InChI=1S/C11H11FO2/c1-14-11(13)10-4-2-7-6-8(12)3-5-9(7)10/h3,5-6,10H,2,4H2,1H3. The Kier molecular flexibility index (Phi) is 2.23. The summed E-state index contributed by atoms with van der Waals surface area (Å²) in [4.78, 5) is 11.3. The molecule has 0 spiro atoms. The number of ether oxygens (including phenoxy) is 1. The first kappa shape index (κ1) is 9.19. The molecule has 2 rings (SSSR count). The summed E-state index contributed by atoms with van der Waals surface area (Å²) in [6, 6.07) is 4.57. The molecule has 0 N–H and O–H groups in total. The van der Waals surface area contributed by atoms with Gasteiger partial charge in [-0.3, -0.25) is 4.79 Å². The van der Waals surface area contributed by atoms with Gasteiger partial charge >= 0.3 is 5.97 Å². The topological polar surface area (TPSA) is 26.3 Å². The fourth-order valence-corrected chi connectivity index (χ4v) is 1.97. The molecule has 1 aromatic carbocycles. The summed E-state index contributed by atoms with van der Waals surface area (Å²) < 4.78 is 17.5. The van der Waals surface area contributed by atoms with Gasteiger partial charge in [-0.15, -0.1) is 0 Å². The highest BCUT2D eigenvalue weighted by atomic mass is 19.1. The average Bonchev–Trinajstić information content (AvgIpc) is 2.59. The van der Waals surface area contributed by atoms with E-state index in [9.17, 15) is 9.18 Å². The van der Waals surface area contributed by atoms with E-state index in [1.165, 1.54) is 19.2 Å². The number of methoxy groups -OCH3 is 1. The minimum absolute atomic E-state index is 0.199. The molecule has 0 bridgehead atoms. The molecule has 1 aliphatic rings. The Hall–Kier alpha value is -1.38. The van der Waals surface area contributed by atoms with Gasteiger partial charge in [0.1, 0.15) is 5.82 Å². The van der Waals surface area contributed by atoms with Gasteiger partial charge in [0.2, 0.25) is 0 Å². The molecule has 0 saturated heterocycles. The molecular weight excluding hydrogens is 183 g/mol. The van der Waals surface area contributed by atoms with Crippen LogP contribution in [0.25, 0.3) is 0 Å². The second-order valence-corrected chi connectivity index (χ2v) is 3.46. The fraction of sp³-hybridized carbons (Fsp3) is 0.364. The molecule has 0 radical (unpaired) electrons. The third-order valence-corrected chi connectivity index (χ3v) is 2.67. The van der Waals surface area contributed by atoms with E-state index in [4.69, 9.17) is 0 Å². The summed E-state index contributed by atoms with van der Waals surface area (Å²) in [5.74, 6) is -0.666. The monoisotopic (exact) mass is 194 g/mol. The van der Waals surface area contributed by atoms with Gasteiger partial charge in [-0.1, -0.05) is 6.07 Å². The van der Waals surface area contributed by atoms with E-state index in [1.54, 1.807) is 6.07 Å². The first-order chi connectivity index (χ1) is 6.72. The van der Waals surface area contributed by atoms with Crippen molar-refractivity contribution < 1.29 is 13.9 Å². The molecule has 1 atom stereocenters. The Bertz CT molecular complexity index is 374. The van der Waals surface area contributed by atoms with Crippen molar-refractivity contribution in [1.82, 2.24) is 0 Å². The van der Waals surface area contributed by atoms with Crippen molar-refractivity contribution in [3.8, 4) is 0 Å². The van der Waals surface area contributed by atoms with Crippen molar-refractivity contribution in [2.24, 2.45) is 0 Å². The molecule has 3 heteroatoms. The van der Waals surface area contributed by atoms with Gasteiger partial charge in [-0.2, -0.15) is 0 Å². The number of benzene rings is 1. The lowest BCUT2D eigenvalue weighted by Gasteiger charge is -2.08. The second kappa shape index (κ2) is 3.40. The normalized spacial score (nSPS) is 19.1.